The molecule has 0 aliphatic heterocycles. The van der Waals surface area contributed by atoms with Gasteiger partial charge in [0.05, 0.1) is 27.5 Å². The van der Waals surface area contributed by atoms with E-state index in [1.54, 1.807) is 28.9 Å². The Bertz CT molecular complexity index is 830. The molecule has 1 aromatic heterocycles. The molecule has 0 radical (unpaired) electrons. The zero-order valence-corrected chi connectivity index (χ0v) is 16.7. The molecular formula is C19H21BrF3N3O. The first-order valence-corrected chi connectivity index (χ1v) is 9.66. The van der Waals surface area contributed by atoms with Crippen molar-refractivity contribution in [2.45, 2.75) is 51.7 Å². The third kappa shape index (κ3) is 4.36. The number of hydrogen-bond donors (Lipinski definition) is 1. The van der Waals surface area contributed by atoms with Crippen molar-refractivity contribution in [1.82, 2.24) is 15.1 Å². The number of rotatable bonds is 3. The zero-order valence-electron chi connectivity index (χ0n) is 15.1. The summed E-state index contributed by atoms with van der Waals surface area (Å²) in [6, 6.07) is 6.45. The van der Waals surface area contributed by atoms with Crippen LogP contribution in [0.3, 0.4) is 0 Å². The molecule has 3 rings (SSSR count). The molecule has 0 spiro atoms. The lowest BCUT2D eigenvalue weighted by Gasteiger charge is -2.31. The summed E-state index contributed by atoms with van der Waals surface area (Å²) >= 11 is 3.48. The Balaban J connectivity index is 1.68. The summed E-state index contributed by atoms with van der Waals surface area (Å²) in [5.74, 6) is -1.67. The van der Waals surface area contributed by atoms with Gasteiger partial charge in [-0.25, -0.2) is 4.68 Å². The van der Waals surface area contributed by atoms with Crippen molar-refractivity contribution in [1.29, 1.82) is 0 Å². The lowest BCUT2D eigenvalue weighted by molar-refractivity contribution is -0.183. The Morgan fingerprint density at radius 3 is 2.44 bits per heavy atom. The average molecular weight is 444 g/mol. The molecule has 2 unspecified atom stereocenters. The van der Waals surface area contributed by atoms with Crippen LogP contribution in [0, 0.1) is 19.8 Å². The van der Waals surface area contributed by atoms with Gasteiger partial charge in [-0.3, -0.25) is 4.79 Å². The van der Waals surface area contributed by atoms with Crippen LogP contribution in [0.2, 0.25) is 0 Å². The number of benzene rings is 1. The molecule has 2 aromatic rings. The molecular weight excluding hydrogens is 423 g/mol. The Hall–Kier alpha value is -1.83. The van der Waals surface area contributed by atoms with Crippen LogP contribution in [0.4, 0.5) is 13.2 Å². The van der Waals surface area contributed by atoms with Crippen molar-refractivity contribution < 1.29 is 18.0 Å². The molecule has 0 bridgehead atoms. The first kappa shape index (κ1) is 19.9. The number of aromatic nitrogens is 2. The average Bonchev–Trinajstić information content (AvgIpc) is 2.89. The van der Waals surface area contributed by atoms with E-state index in [1.165, 1.54) is 0 Å². The van der Waals surface area contributed by atoms with Gasteiger partial charge in [-0.15, -0.1) is 0 Å². The number of amides is 1. The van der Waals surface area contributed by atoms with Crippen molar-refractivity contribution in [2.24, 2.45) is 5.92 Å². The van der Waals surface area contributed by atoms with E-state index in [9.17, 15) is 18.0 Å². The lowest BCUT2D eigenvalue weighted by atomic mass is 9.85. The normalized spacial score (nSPS) is 20.5. The van der Waals surface area contributed by atoms with Crippen LogP contribution in [-0.2, 0) is 0 Å². The molecule has 0 saturated heterocycles. The Labute approximate surface area is 164 Å². The number of hydrogen-bond acceptors (Lipinski definition) is 2. The molecule has 1 saturated carbocycles. The highest BCUT2D eigenvalue weighted by molar-refractivity contribution is 9.10. The van der Waals surface area contributed by atoms with Gasteiger partial charge in [0, 0.05) is 11.6 Å². The van der Waals surface area contributed by atoms with Crippen LogP contribution in [0.5, 0.6) is 0 Å². The van der Waals surface area contributed by atoms with Gasteiger partial charge >= 0.3 is 6.18 Å². The summed E-state index contributed by atoms with van der Waals surface area (Å²) in [5, 5.41) is 7.19. The molecule has 8 heteroatoms. The maximum absolute atomic E-state index is 12.9. The number of alkyl halides is 3. The predicted octanol–water partition coefficient (Wildman–Crippen LogP) is 5.10. The summed E-state index contributed by atoms with van der Waals surface area (Å²) in [7, 11) is 0. The second-order valence-electron chi connectivity index (χ2n) is 7.02. The van der Waals surface area contributed by atoms with Crippen LogP contribution < -0.4 is 5.32 Å². The fourth-order valence-electron chi connectivity index (χ4n) is 3.52. The van der Waals surface area contributed by atoms with Crippen LogP contribution in [0.15, 0.2) is 28.7 Å². The maximum Gasteiger partial charge on any atom is 0.391 e. The molecule has 1 heterocycles. The number of aryl methyl sites for hydroxylation is 1. The monoisotopic (exact) mass is 443 g/mol. The van der Waals surface area contributed by atoms with Crippen molar-refractivity contribution in [3.8, 4) is 5.69 Å². The minimum Gasteiger partial charge on any atom is -0.349 e. The van der Waals surface area contributed by atoms with E-state index in [2.05, 4.69) is 26.3 Å². The molecule has 2 atom stereocenters. The van der Waals surface area contributed by atoms with E-state index in [1.807, 2.05) is 13.8 Å². The number of carbonyl (C=O) groups is 1. The second kappa shape index (κ2) is 7.66. The van der Waals surface area contributed by atoms with E-state index < -0.39 is 18.1 Å². The standard InChI is InChI=1S/C19H21BrF3N3O/c1-11-17(20)12(2)26(25-11)16-8-6-13(7-9-16)18(27)24-15-5-3-4-14(10-15)19(21,22)23/h6-9,14-15H,3-5,10H2,1-2H3,(H,24,27). The van der Waals surface area contributed by atoms with Gasteiger partial charge in [-0.1, -0.05) is 6.42 Å². The summed E-state index contributed by atoms with van der Waals surface area (Å²) in [5.41, 5.74) is 3.05. The van der Waals surface area contributed by atoms with E-state index in [-0.39, 0.29) is 18.7 Å². The molecule has 1 fully saturated rings. The predicted molar refractivity (Wildman–Crippen MR) is 100 cm³/mol. The largest absolute Gasteiger partial charge is 0.391 e. The Morgan fingerprint density at radius 1 is 1.22 bits per heavy atom. The summed E-state index contributed by atoms with van der Waals surface area (Å²) in [6.45, 7) is 3.83. The molecule has 27 heavy (non-hydrogen) atoms. The smallest absolute Gasteiger partial charge is 0.349 e. The Kier molecular flexibility index (Phi) is 5.65. The molecule has 1 aromatic carbocycles. The molecule has 1 N–H and O–H groups in total. The van der Waals surface area contributed by atoms with Crippen molar-refractivity contribution >= 4 is 21.8 Å². The minimum absolute atomic E-state index is 0.0485. The molecule has 1 aliphatic carbocycles. The summed E-state index contributed by atoms with van der Waals surface area (Å²) in [6.07, 6.45) is -3.05. The highest BCUT2D eigenvalue weighted by Gasteiger charge is 2.42. The Morgan fingerprint density at radius 2 is 1.89 bits per heavy atom. The second-order valence-corrected chi connectivity index (χ2v) is 7.81. The fraction of sp³-hybridized carbons (Fsp3) is 0.474. The van der Waals surface area contributed by atoms with Crippen molar-refractivity contribution in [3.05, 3.63) is 45.7 Å². The van der Waals surface area contributed by atoms with Gasteiger partial charge in [-0.05, 0) is 73.3 Å². The molecule has 1 aliphatic rings. The van der Waals surface area contributed by atoms with Gasteiger partial charge in [0.15, 0.2) is 0 Å². The highest BCUT2D eigenvalue weighted by Crippen LogP contribution is 2.37. The van der Waals surface area contributed by atoms with Crippen LogP contribution in [0.25, 0.3) is 5.69 Å². The first-order chi connectivity index (χ1) is 12.7. The van der Waals surface area contributed by atoms with E-state index in [0.717, 1.165) is 21.5 Å². The third-order valence-corrected chi connectivity index (χ3v) is 6.20. The van der Waals surface area contributed by atoms with Gasteiger partial charge in [-0.2, -0.15) is 18.3 Å². The summed E-state index contributed by atoms with van der Waals surface area (Å²) < 4.78 is 41.5. The van der Waals surface area contributed by atoms with Crippen LogP contribution >= 0.6 is 15.9 Å². The minimum atomic E-state index is -4.20. The topological polar surface area (TPSA) is 46.9 Å². The van der Waals surface area contributed by atoms with Gasteiger partial charge in [0.2, 0.25) is 0 Å². The van der Waals surface area contributed by atoms with Gasteiger partial charge in [0.1, 0.15) is 0 Å². The highest BCUT2D eigenvalue weighted by atomic mass is 79.9. The lowest BCUT2D eigenvalue weighted by Crippen LogP contribution is -2.41. The third-order valence-electron chi connectivity index (χ3n) is 5.05. The number of nitrogens with one attached hydrogen (secondary N) is 1. The van der Waals surface area contributed by atoms with Crippen LogP contribution in [-0.4, -0.2) is 27.9 Å². The fourth-order valence-corrected chi connectivity index (χ4v) is 3.76. The molecule has 4 nitrogen and oxygen atoms in total. The molecule has 1 amide bonds. The van der Waals surface area contributed by atoms with Crippen molar-refractivity contribution in [2.75, 3.05) is 0 Å². The van der Waals surface area contributed by atoms with Crippen LogP contribution in [0.1, 0.15) is 47.4 Å². The van der Waals surface area contributed by atoms with E-state index in [0.29, 0.717) is 18.4 Å². The van der Waals surface area contributed by atoms with E-state index >= 15 is 0 Å². The maximum atomic E-state index is 12.9. The van der Waals surface area contributed by atoms with Crippen molar-refractivity contribution in [3.63, 3.8) is 0 Å². The van der Waals surface area contributed by atoms with Gasteiger partial charge in [0.25, 0.3) is 5.91 Å². The first-order valence-electron chi connectivity index (χ1n) is 8.86. The van der Waals surface area contributed by atoms with Gasteiger partial charge < -0.3 is 5.32 Å². The molecule has 146 valence electrons. The number of nitrogens with zero attached hydrogens (tertiary/aromatic N) is 2. The zero-order chi connectivity index (χ0) is 19.8. The SMILES string of the molecule is Cc1nn(-c2ccc(C(=O)NC3CCCC(C(F)(F)F)C3)cc2)c(C)c1Br. The number of halogens is 4. The number of carbonyl (C=O) groups excluding carboxylic acids is 1. The quantitative estimate of drug-likeness (QED) is 0.716. The van der Waals surface area contributed by atoms with E-state index in [4.69, 9.17) is 0 Å². The summed E-state index contributed by atoms with van der Waals surface area (Å²) in [4.78, 5) is 12.4.